The zero-order chi connectivity index (χ0) is 14.8. The molecule has 0 aromatic heterocycles. The predicted octanol–water partition coefficient (Wildman–Crippen LogP) is 2.14. The van der Waals surface area contributed by atoms with E-state index >= 15 is 0 Å². The van der Waals surface area contributed by atoms with Crippen LogP contribution in [0.15, 0.2) is 35.3 Å². The van der Waals surface area contributed by atoms with E-state index in [-0.39, 0.29) is 6.61 Å². The molecule has 0 N–H and O–H groups in total. The van der Waals surface area contributed by atoms with Gasteiger partial charge in [0.1, 0.15) is 18.9 Å². The minimum atomic E-state index is -0.644. The summed E-state index contributed by atoms with van der Waals surface area (Å²) in [6.07, 6.45) is 2.35. The lowest BCUT2D eigenvalue weighted by molar-refractivity contribution is -0.142. The van der Waals surface area contributed by atoms with Gasteiger partial charge in [0.25, 0.3) is 0 Å². The maximum Gasteiger partial charge on any atom is 0.349 e. The fourth-order valence-electron chi connectivity index (χ4n) is 1.58. The van der Waals surface area contributed by atoms with Crippen LogP contribution in [-0.4, -0.2) is 31.3 Å². The van der Waals surface area contributed by atoms with Crippen LogP contribution in [0.2, 0.25) is 0 Å². The molecule has 0 aliphatic carbocycles. The standard InChI is InChI=1S/C15H19NO4/c1-3-7-13(15(18)19-2)16-10-14(17)20-11-12-8-5-4-6-9-12/h4-6,8-10,13H,3,7,11H2,1-2H3/b16-10-. The minimum Gasteiger partial charge on any atom is -0.467 e. The lowest BCUT2D eigenvalue weighted by Gasteiger charge is -2.08. The molecule has 0 spiro atoms. The topological polar surface area (TPSA) is 65.0 Å². The van der Waals surface area contributed by atoms with E-state index in [1.807, 2.05) is 37.3 Å². The van der Waals surface area contributed by atoms with E-state index in [1.54, 1.807) is 0 Å². The smallest absolute Gasteiger partial charge is 0.349 e. The molecule has 0 bridgehead atoms. The maximum atomic E-state index is 11.5. The normalized spacial score (nSPS) is 12.1. The van der Waals surface area contributed by atoms with Gasteiger partial charge in [0.2, 0.25) is 0 Å². The Morgan fingerprint density at radius 1 is 1.30 bits per heavy atom. The average Bonchev–Trinajstić information content (AvgIpc) is 2.49. The Bertz CT molecular complexity index is 456. The number of hydrogen-bond donors (Lipinski definition) is 0. The quantitative estimate of drug-likeness (QED) is 0.566. The Morgan fingerprint density at radius 2 is 2.00 bits per heavy atom. The van der Waals surface area contributed by atoms with Crippen LogP contribution in [0.4, 0.5) is 0 Å². The molecule has 1 unspecified atom stereocenters. The van der Waals surface area contributed by atoms with Crippen LogP contribution in [-0.2, 0) is 25.7 Å². The molecule has 20 heavy (non-hydrogen) atoms. The van der Waals surface area contributed by atoms with Gasteiger partial charge in [-0.1, -0.05) is 43.7 Å². The molecule has 0 aliphatic heterocycles. The van der Waals surface area contributed by atoms with Crippen molar-refractivity contribution in [3.63, 3.8) is 0 Å². The van der Waals surface area contributed by atoms with Crippen molar-refractivity contribution in [3.8, 4) is 0 Å². The second-order valence-electron chi connectivity index (χ2n) is 4.20. The second-order valence-corrected chi connectivity index (χ2v) is 4.20. The van der Waals surface area contributed by atoms with Gasteiger partial charge in [-0.3, -0.25) is 4.99 Å². The van der Waals surface area contributed by atoms with Crippen LogP contribution in [0.3, 0.4) is 0 Å². The fourth-order valence-corrected chi connectivity index (χ4v) is 1.58. The van der Waals surface area contributed by atoms with Crippen molar-refractivity contribution >= 4 is 18.2 Å². The monoisotopic (exact) mass is 277 g/mol. The number of methoxy groups -OCH3 is 1. The molecule has 5 nitrogen and oxygen atoms in total. The van der Waals surface area contributed by atoms with Gasteiger partial charge in [-0.15, -0.1) is 0 Å². The van der Waals surface area contributed by atoms with Gasteiger partial charge in [0.05, 0.1) is 7.11 Å². The molecular weight excluding hydrogens is 258 g/mol. The van der Waals surface area contributed by atoms with E-state index in [1.165, 1.54) is 7.11 Å². The van der Waals surface area contributed by atoms with Gasteiger partial charge in [0, 0.05) is 0 Å². The summed E-state index contributed by atoms with van der Waals surface area (Å²) in [5, 5.41) is 0. The molecule has 0 fully saturated rings. The summed E-state index contributed by atoms with van der Waals surface area (Å²) in [6.45, 7) is 2.11. The Hall–Kier alpha value is -2.17. The number of aliphatic imine (C=N–C) groups is 1. The van der Waals surface area contributed by atoms with Crippen LogP contribution in [0.1, 0.15) is 25.3 Å². The molecule has 108 valence electrons. The predicted molar refractivity (Wildman–Crippen MR) is 75.4 cm³/mol. The summed E-state index contributed by atoms with van der Waals surface area (Å²) in [4.78, 5) is 26.8. The van der Waals surface area contributed by atoms with Gasteiger partial charge in [-0.2, -0.15) is 0 Å². The first-order chi connectivity index (χ1) is 9.67. The molecule has 0 saturated heterocycles. The summed E-state index contributed by atoms with van der Waals surface area (Å²) in [6, 6.07) is 8.70. The summed E-state index contributed by atoms with van der Waals surface area (Å²) in [7, 11) is 1.30. The van der Waals surface area contributed by atoms with Crippen molar-refractivity contribution in [2.45, 2.75) is 32.4 Å². The lowest BCUT2D eigenvalue weighted by Crippen LogP contribution is -2.21. The number of ether oxygens (including phenoxy) is 2. The zero-order valence-corrected chi connectivity index (χ0v) is 11.7. The van der Waals surface area contributed by atoms with E-state index in [9.17, 15) is 9.59 Å². The van der Waals surface area contributed by atoms with Crippen LogP contribution < -0.4 is 0 Å². The van der Waals surface area contributed by atoms with Gasteiger partial charge in [-0.05, 0) is 12.0 Å². The number of rotatable bonds is 7. The number of carbonyl (C=O) groups is 2. The lowest BCUT2D eigenvalue weighted by atomic mass is 10.2. The van der Waals surface area contributed by atoms with Crippen molar-refractivity contribution < 1.29 is 19.1 Å². The van der Waals surface area contributed by atoms with Crippen LogP contribution in [0, 0.1) is 0 Å². The van der Waals surface area contributed by atoms with Gasteiger partial charge >= 0.3 is 11.9 Å². The van der Waals surface area contributed by atoms with E-state index < -0.39 is 18.0 Å². The van der Waals surface area contributed by atoms with Crippen LogP contribution in [0.25, 0.3) is 0 Å². The average molecular weight is 277 g/mol. The molecule has 0 heterocycles. The third-order valence-corrected chi connectivity index (χ3v) is 2.62. The highest BCUT2D eigenvalue weighted by molar-refractivity contribution is 6.23. The van der Waals surface area contributed by atoms with Crippen LogP contribution >= 0.6 is 0 Å². The second kappa shape index (κ2) is 8.85. The number of hydrogen-bond acceptors (Lipinski definition) is 5. The van der Waals surface area contributed by atoms with E-state index in [0.717, 1.165) is 18.2 Å². The first kappa shape index (κ1) is 15.9. The number of nitrogens with zero attached hydrogens (tertiary/aromatic N) is 1. The highest BCUT2D eigenvalue weighted by atomic mass is 16.5. The minimum absolute atomic E-state index is 0.183. The zero-order valence-electron chi connectivity index (χ0n) is 11.7. The SMILES string of the molecule is CCCC(/N=C\C(=O)OCc1ccccc1)C(=O)OC. The van der Waals surface area contributed by atoms with Gasteiger partial charge in [0.15, 0.2) is 0 Å². The fraction of sp³-hybridized carbons (Fsp3) is 0.400. The molecule has 5 heteroatoms. The Kier molecular flexibility index (Phi) is 7.03. The Labute approximate surface area is 118 Å². The van der Waals surface area contributed by atoms with Crippen molar-refractivity contribution in [3.05, 3.63) is 35.9 Å². The molecule has 0 saturated carbocycles. The number of benzene rings is 1. The van der Waals surface area contributed by atoms with Gasteiger partial charge < -0.3 is 9.47 Å². The number of esters is 2. The Balaban J connectivity index is 2.47. The summed E-state index contributed by atoms with van der Waals surface area (Å²) < 4.78 is 9.65. The largest absolute Gasteiger partial charge is 0.467 e. The maximum absolute atomic E-state index is 11.5. The molecule has 1 rings (SSSR count). The van der Waals surface area contributed by atoms with Gasteiger partial charge in [-0.25, -0.2) is 9.59 Å². The molecule has 1 aromatic carbocycles. The van der Waals surface area contributed by atoms with Crippen molar-refractivity contribution in [2.75, 3.05) is 7.11 Å². The van der Waals surface area contributed by atoms with E-state index in [2.05, 4.69) is 9.73 Å². The van der Waals surface area contributed by atoms with E-state index in [4.69, 9.17) is 4.74 Å². The third kappa shape index (κ3) is 5.65. The molecule has 1 atom stereocenters. The molecular formula is C15H19NO4. The summed E-state index contributed by atoms with van der Waals surface area (Å²) in [5.41, 5.74) is 0.896. The van der Waals surface area contributed by atoms with Crippen molar-refractivity contribution in [1.82, 2.24) is 0 Å². The third-order valence-electron chi connectivity index (χ3n) is 2.62. The number of carbonyl (C=O) groups excluding carboxylic acids is 2. The summed E-state index contributed by atoms with van der Waals surface area (Å²) >= 11 is 0. The molecule has 0 radical (unpaired) electrons. The first-order valence-electron chi connectivity index (χ1n) is 6.49. The Morgan fingerprint density at radius 3 is 2.60 bits per heavy atom. The van der Waals surface area contributed by atoms with Crippen molar-refractivity contribution in [1.29, 1.82) is 0 Å². The molecule has 1 aromatic rings. The van der Waals surface area contributed by atoms with Crippen molar-refractivity contribution in [2.24, 2.45) is 4.99 Å². The highest BCUT2D eigenvalue weighted by Crippen LogP contribution is 2.04. The summed E-state index contributed by atoms with van der Waals surface area (Å²) in [5.74, 6) is -1.02. The van der Waals surface area contributed by atoms with E-state index in [0.29, 0.717) is 6.42 Å². The van der Waals surface area contributed by atoms with Crippen LogP contribution in [0.5, 0.6) is 0 Å². The molecule has 0 aliphatic rings. The first-order valence-corrected chi connectivity index (χ1v) is 6.49. The molecule has 0 amide bonds. The highest BCUT2D eigenvalue weighted by Gasteiger charge is 2.16.